The number of halogens is 1. The lowest BCUT2D eigenvalue weighted by atomic mass is 10.1. The standard InChI is InChI=1S/C20H18FNO3/c21-18-7-2-1-4-14(18)10-11-22-13-17-8-9-19(25-17)15-5-3-6-16(12-15)20(23)24/h1-9,12,22H,10-11,13H2,(H,23,24). The summed E-state index contributed by atoms with van der Waals surface area (Å²) >= 11 is 0. The quantitative estimate of drug-likeness (QED) is 0.636. The van der Waals surface area contributed by atoms with Gasteiger partial charge in [-0.15, -0.1) is 0 Å². The zero-order valence-electron chi connectivity index (χ0n) is 13.5. The highest BCUT2D eigenvalue weighted by Gasteiger charge is 2.08. The van der Waals surface area contributed by atoms with E-state index in [2.05, 4.69) is 5.32 Å². The second-order valence-electron chi connectivity index (χ2n) is 5.67. The molecule has 5 heteroatoms. The Bertz CT molecular complexity index is 873. The van der Waals surface area contributed by atoms with Gasteiger partial charge in [0.2, 0.25) is 0 Å². The highest BCUT2D eigenvalue weighted by Crippen LogP contribution is 2.23. The van der Waals surface area contributed by atoms with Gasteiger partial charge < -0.3 is 14.8 Å². The first-order valence-electron chi connectivity index (χ1n) is 8.00. The second kappa shape index (κ2) is 7.77. The summed E-state index contributed by atoms with van der Waals surface area (Å²) < 4.78 is 19.3. The largest absolute Gasteiger partial charge is 0.478 e. The highest BCUT2D eigenvalue weighted by molar-refractivity contribution is 5.89. The van der Waals surface area contributed by atoms with Crippen molar-refractivity contribution in [2.75, 3.05) is 6.54 Å². The molecule has 0 aliphatic heterocycles. The zero-order chi connectivity index (χ0) is 17.6. The lowest BCUT2D eigenvalue weighted by Crippen LogP contribution is -2.16. The fourth-order valence-corrected chi connectivity index (χ4v) is 2.57. The van der Waals surface area contributed by atoms with Gasteiger partial charge >= 0.3 is 5.97 Å². The van der Waals surface area contributed by atoms with E-state index in [-0.39, 0.29) is 11.4 Å². The number of hydrogen-bond donors (Lipinski definition) is 2. The van der Waals surface area contributed by atoms with Gasteiger partial charge in [-0.05, 0) is 48.9 Å². The van der Waals surface area contributed by atoms with Crippen molar-refractivity contribution in [1.29, 1.82) is 0 Å². The molecular formula is C20H18FNO3. The van der Waals surface area contributed by atoms with Crippen molar-refractivity contribution >= 4 is 5.97 Å². The number of carbonyl (C=O) groups is 1. The highest BCUT2D eigenvalue weighted by atomic mass is 19.1. The molecule has 0 saturated carbocycles. The third kappa shape index (κ3) is 4.33. The molecule has 0 spiro atoms. The van der Waals surface area contributed by atoms with E-state index in [1.807, 2.05) is 18.2 Å². The van der Waals surface area contributed by atoms with Crippen molar-refractivity contribution in [1.82, 2.24) is 5.32 Å². The first-order valence-corrected chi connectivity index (χ1v) is 8.00. The molecule has 0 amide bonds. The Morgan fingerprint density at radius 2 is 1.92 bits per heavy atom. The first-order chi connectivity index (χ1) is 12.1. The maximum atomic E-state index is 13.5. The van der Waals surface area contributed by atoms with Crippen LogP contribution in [-0.4, -0.2) is 17.6 Å². The van der Waals surface area contributed by atoms with Gasteiger partial charge in [0.15, 0.2) is 0 Å². The summed E-state index contributed by atoms with van der Waals surface area (Å²) in [5, 5.41) is 12.3. The zero-order valence-corrected chi connectivity index (χ0v) is 13.5. The number of benzene rings is 2. The van der Waals surface area contributed by atoms with E-state index in [4.69, 9.17) is 9.52 Å². The molecule has 0 radical (unpaired) electrons. The predicted octanol–water partition coefficient (Wildman–Crippen LogP) is 4.12. The van der Waals surface area contributed by atoms with E-state index in [1.165, 1.54) is 6.07 Å². The third-order valence-electron chi connectivity index (χ3n) is 3.88. The van der Waals surface area contributed by atoms with Crippen LogP contribution in [0.25, 0.3) is 11.3 Å². The Kier molecular flexibility index (Phi) is 5.26. The molecule has 0 bridgehead atoms. The molecule has 1 heterocycles. The number of hydrogen-bond acceptors (Lipinski definition) is 3. The van der Waals surface area contributed by atoms with Gasteiger partial charge in [0.1, 0.15) is 17.3 Å². The van der Waals surface area contributed by atoms with E-state index in [9.17, 15) is 9.18 Å². The molecule has 1 aromatic heterocycles. The molecule has 0 unspecified atom stereocenters. The Morgan fingerprint density at radius 3 is 2.72 bits per heavy atom. The molecule has 0 fully saturated rings. The van der Waals surface area contributed by atoms with Crippen LogP contribution in [0.1, 0.15) is 21.7 Å². The predicted molar refractivity (Wildman–Crippen MR) is 92.9 cm³/mol. The number of furan rings is 1. The van der Waals surface area contributed by atoms with Gasteiger partial charge in [-0.3, -0.25) is 0 Å². The molecule has 25 heavy (non-hydrogen) atoms. The van der Waals surface area contributed by atoms with E-state index >= 15 is 0 Å². The van der Waals surface area contributed by atoms with Crippen molar-refractivity contribution in [2.45, 2.75) is 13.0 Å². The lowest BCUT2D eigenvalue weighted by molar-refractivity contribution is 0.0697. The van der Waals surface area contributed by atoms with Crippen LogP contribution in [0.5, 0.6) is 0 Å². The topological polar surface area (TPSA) is 62.5 Å². The summed E-state index contributed by atoms with van der Waals surface area (Å²) in [7, 11) is 0. The Hall–Kier alpha value is -2.92. The Labute approximate surface area is 144 Å². The minimum absolute atomic E-state index is 0.192. The van der Waals surface area contributed by atoms with Gasteiger partial charge in [0.05, 0.1) is 12.1 Å². The summed E-state index contributed by atoms with van der Waals surface area (Å²) in [4.78, 5) is 11.0. The lowest BCUT2D eigenvalue weighted by Gasteiger charge is -2.04. The molecule has 2 aromatic carbocycles. The average Bonchev–Trinajstić information content (AvgIpc) is 3.09. The van der Waals surface area contributed by atoms with Crippen molar-refractivity contribution in [3.63, 3.8) is 0 Å². The molecular weight excluding hydrogens is 321 g/mol. The van der Waals surface area contributed by atoms with Gasteiger partial charge in [0.25, 0.3) is 0 Å². The number of carboxylic acid groups (broad SMARTS) is 1. The van der Waals surface area contributed by atoms with Crippen LogP contribution in [0, 0.1) is 5.82 Å². The van der Waals surface area contributed by atoms with Crippen LogP contribution in [0.2, 0.25) is 0 Å². The molecule has 0 aliphatic rings. The van der Waals surface area contributed by atoms with Crippen molar-refractivity contribution in [3.05, 3.63) is 83.4 Å². The number of nitrogens with one attached hydrogen (secondary N) is 1. The van der Waals surface area contributed by atoms with Crippen molar-refractivity contribution in [2.24, 2.45) is 0 Å². The molecule has 3 aromatic rings. The van der Waals surface area contributed by atoms with Gasteiger partial charge in [0, 0.05) is 5.56 Å². The number of aromatic carboxylic acids is 1. The van der Waals surface area contributed by atoms with Crippen LogP contribution in [0.4, 0.5) is 4.39 Å². The van der Waals surface area contributed by atoms with Crippen LogP contribution in [0.15, 0.2) is 65.1 Å². The summed E-state index contributed by atoms with van der Waals surface area (Å²) in [6, 6.07) is 17.0. The number of carboxylic acids is 1. The monoisotopic (exact) mass is 339 g/mol. The minimum atomic E-state index is -0.969. The summed E-state index contributed by atoms with van der Waals surface area (Å²) in [5.41, 5.74) is 1.62. The summed E-state index contributed by atoms with van der Waals surface area (Å²) in [6.45, 7) is 1.15. The minimum Gasteiger partial charge on any atom is -0.478 e. The van der Waals surface area contributed by atoms with Crippen LogP contribution in [0.3, 0.4) is 0 Å². The van der Waals surface area contributed by atoms with E-state index in [0.29, 0.717) is 30.8 Å². The van der Waals surface area contributed by atoms with E-state index < -0.39 is 5.97 Å². The Balaban J connectivity index is 1.56. The molecule has 3 rings (SSSR count). The van der Waals surface area contributed by atoms with Gasteiger partial charge in [-0.1, -0.05) is 30.3 Å². The smallest absolute Gasteiger partial charge is 0.335 e. The van der Waals surface area contributed by atoms with Crippen molar-refractivity contribution < 1.29 is 18.7 Å². The maximum absolute atomic E-state index is 13.5. The van der Waals surface area contributed by atoms with Gasteiger partial charge in [-0.25, -0.2) is 9.18 Å². The molecule has 0 aliphatic carbocycles. The molecule has 4 nitrogen and oxygen atoms in total. The van der Waals surface area contributed by atoms with Crippen LogP contribution in [-0.2, 0) is 13.0 Å². The summed E-state index contributed by atoms with van der Waals surface area (Å²) in [5.74, 6) is 0.199. The Morgan fingerprint density at radius 1 is 1.08 bits per heavy atom. The SMILES string of the molecule is O=C(O)c1cccc(-c2ccc(CNCCc3ccccc3F)o2)c1. The fourth-order valence-electron chi connectivity index (χ4n) is 2.57. The van der Waals surface area contributed by atoms with E-state index in [1.54, 1.807) is 36.4 Å². The molecule has 0 saturated heterocycles. The number of rotatable bonds is 7. The third-order valence-corrected chi connectivity index (χ3v) is 3.88. The van der Waals surface area contributed by atoms with Gasteiger partial charge in [-0.2, -0.15) is 0 Å². The average molecular weight is 339 g/mol. The first kappa shape index (κ1) is 16.9. The normalized spacial score (nSPS) is 10.8. The van der Waals surface area contributed by atoms with E-state index in [0.717, 1.165) is 11.3 Å². The van der Waals surface area contributed by atoms with Crippen LogP contribution < -0.4 is 5.32 Å². The summed E-state index contributed by atoms with van der Waals surface area (Å²) in [6.07, 6.45) is 0.598. The molecule has 128 valence electrons. The fraction of sp³-hybridized carbons (Fsp3) is 0.150. The van der Waals surface area contributed by atoms with Crippen molar-refractivity contribution in [3.8, 4) is 11.3 Å². The molecule has 2 N–H and O–H groups in total. The molecule has 0 atom stereocenters. The van der Waals surface area contributed by atoms with Crippen LogP contribution >= 0.6 is 0 Å². The maximum Gasteiger partial charge on any atom is 0.335 e. The second-order valence-corrected chi connectivity index (χ2v) is 5.67.